The molecule has 0 aliphatic carbocycles. The van der Waals surface area contributed by atoms with Gasteiger partial charge in [-0.1, -0.05) is 170 Å². The fourth-order valence-corrected chi connectivity index (χ4v) is 9.45. The van der Waals surface area contributed by atoms with Crippen molar-refractivity contribution in [2.75, 3.05) is 0 Å². The third-order valence-corrected chi connectivity index (χ3v) is 12.6. The van der Waals surface area contributed by atoms with Crippen LogP contribution in [0.2, 0.25) is 0 Å². The predicted molar refractivity (Wildman–Crippen MR) is 272 cm³/mol. The number of benzene rings is 9. The second kappa shape index (κ2) is 18.0. The summed E-state index contributed by atoms with van der Waals surface area (Å²) in [6, 6.07) is 82.3. The standard InChI is InChI=1S/C52H34N4.C9H7NO.Li/c1-3-15-35(16-4-1)36-27-29-37(30-28-36)46-34-47(54-52(53-46)38-17-5-2-6-18-38)39-31-40(55-48-23-11-7-19-42(48)43-20-8-12-24-49(43)55)33-41(32-39)56-50-25-13-9-21-44(50)45-22-10-14-26-51(45)56;11-8-5-1-3-7-4-2-6-10-9(7)8;/h1-34H;1-6,11H;/q;;+1. The zero-order chi connectivity index (χ0) is 44.7. The van der Waals surface area contributed by atoms with Gasteiger partial charge >= 0.3 is 18.9 Å². The molecule has 4 aromatic heterocycles. The molecular weight excluding hydrogens is 826 g/mol. The zero-order valence-electron chi connectivity index (χ0n) is 37.3. The maximum atomic E-state index is 11.1. The second-order valence-corrected chi connectivity index (χ2v) is 16.6. The van der Waals surface area contributed by atoms with Crippen LogP contribution in [0.25, 0.3) is 111 Å². The van der Waals surface area contributed by atoms with E-state index in [0.717, 1.165) is 66.9 Å². The number of pyridine rings is 1. The van der Waals surface area contributed by atoms with Crippen LogP contribution in [0.5, 0.6) is 5.75 Å². The summed E-state index contributed by atoms with van der Waals surface area (Å²) in [5, 5.41) is 17.0. The molecule has 0 atom stereocenters. The van der Waals surface area contributed by atoms with Gasteiger partial charge in [0.1, 0.15) is 0 Å². The molecule has 9 aromatic carbocycles. The number of nitrogens with one attached hydrogen (secondary N) is 1. The summed E-state index contributed by atoms with van der Waals surface area (Å²) in [7, 11) is 0. The molecule has 0 aliphatic heterocycles. The van der Waals surface area contributed by atoms with Gasteiger partial charge in [-0.15, -0.1) is 0 Å². The topological polar surface area (TPSA) is 72.8 Å². The number of fused-ring (bicyclic) bond motifs is 7. The van der Waals surface area contributed by atoms with E-state index in [1.807, 2.05) is 42.5 Å². The minimum atomic E-state index is 0. The van der Waals surface area contributed by atoms with Gasteiger partial charge < -0.3 is 14.2 Å². The molecule has 0 bridgehead atoms. The van der Waals surface area contributed by atoms with Gasteiger partial charge in [0.25, 0.3) is 0 Å². The summed E-state index contributed by atoms with van der Waals surface area (Å²) < 4.78 is 4.79. The fourth-order valence-electron chi connectivity index (χ4n) is 9.45. The van der Waals surface area contributed by atoms with Gasteiger partial charge in [0, 0.05) is 61.1 Å². The van der Waals surface area contributed by atoms with Crippen molar-refractivity contribution in [3.63, 3.8) is 0 Å². The van der Waals surface area contributed by atoms with Crippen LogP contribution in [0, 0.1) is 0 Å². The SMILES string of the molecule is [Li+].[O-]c1cccc2ccc[nH+]c12.c1ccc(-c2ccc(-c3cc(-c4cc(-n5c6ccccc6c6ccccc65)cc(-n5c6ccccc6c6ccccc65)c4)nc(-c4ccccc4)n3)cc2)cc1. The second-order valence-electron chi connectivity index (χ2n) is 16.6. The van der Waals surface area contributed by atoms with Gasteiger partial charge in [-0.25, -0.2) is 15.0 Å². The Kier molecular flexibility index (Phi) is 11.2. The number of hydrogen-bond acceptors (Lipinski definition) is 3. The molecule has 0 spiro atoms. The average Bonchev–Trinajstić information content (AvgIpc) is 3.93. The van der Waals surface area contributed by atoms with E-state index in [0.29, 0.717) is 11.3 Å². The summed E-state index contributed by atoms with van der Waals surface area (Å²) in [5.74, 6) is 0.731. The molecule has 0 saturated heterocycles. The molecule has 4 heterocycles. The first-order chi connectivity index (χ1) is 33.1. The third-order valence-electron chi connectivity index (χ3n) is 12.6. The molecule has 13 aromatic rings. The van der Waals surface area contributed by atoms with Crippen molar-refractivity contribution >= 4 is 54.5 Å². The van der Waals surface area contributed by atoms with E-state index in [4.69, 9.17) is 9.97 Å². The Bertz CT molecular complexity index is 3690. The van der Waals surface area contributed by atoms with E-state index in [1.165, 1.54) is 32.7 Å². The van der Waals surface area contributed by atoms with Crippen LogP contribution >= 0.6 is 0 Å². The van der Waals surface area contributed by atoms with Crippen LogP contribution in [0.15, 0.2) is 243 Å². The summed E-state index contributed by atoms with van der Waals surface area (Å²) in [6.07, 6.45) is 1.75. The number of aromatic nitrogens is 5. The molecular formula is C61H41LiN5O+. The smallest absolute Gasteiger partial charge is 0.868 e. The summed E-state index contributed by atoms with van der Waals surface area (Å²) >= 11 is 0. The van der Waals surface area contributed by atoms with Gasteiger partial charge in [-0.3, -0.25) is 0 Å². The maximum absolute atomic E-state index is 11.1. The average molecular weight is 867 g/mol. The van der Waals surface area contributed by atoms with Gasteiger partial charge in [-0.2, -0.15) is 0 Å². The van der Waals surface area contributed by atoms with Crippen molar-refractivity contribution in [1.29, 1.82) is 0 Å². The van der Waals surface area contributed by atoms with Gasteiger partial charge in [0.05, 0.1) is 33.5 Å². The van der Waals surface area contributed by atoms with Crippen LogP contribution in [-0.2, 0) is 0 Å². The van der Waals surface area contributed by atoms with Gasteiger partial charge in [0.2, 0.25) is 5.52 Å². The maximum Gasteiger partial charge on any atom is 1.00 e. The Labute approximate surface area is 405 Å². The molecule has 7 heteroatoms. The first-order valence-corrected chi connectivity index (χ1v) is 22.4. The van der Waals surface area contributed by atoms with Crippen molar-refractivity contribution in [2.24, 2.45) is 0 Å². The molecule has 0 saturated carbocycles. The van der Waals surface area contributed by atoms with Crippen molar-refractivity contribution < 1.29 is 29.0 Å². The van der Waals surface area contributed by atoms with Crippen LogP contribution < -0.4 is 29.0 Å². The minimum absolute atomic E-state index is 0. The number of rotatable bonds is 6. The Hall–Kier alpha value is -8.53. The predicted octanol–water partition coefficient (Wildman–Crippen LogP) is 11.1. The first-order valence-electron chi connectivity index (χ1n) is 22.4. The van der Waals surface area contributed by atoms with E-state index in [1.54, 1.807) is 18.3 Å². The van der Waals surface area contributed by atoms with Crippen LogP contribution in [0.4, 0.5) is 0 Å². The summed E-state index contributed by atoms with van der Waals surface area (Å²) in [4.78, 5) is 13.4. The van der Waals surface area contributed by atoms with Crippen molar-refractivity contribution in [2.45, 2.75) is 0 Å². The molecule has 316 valence electrons. The van der Waals surface area contributed by atoms with E-state index < -0.39 is 0 Å². The fraction of sp³-hybridized carbons (Fsp3) is 0. The van der Waals surface area contributed by atoms with E-state index in [9.17, 15) is 5.11 Å². The molecule has 13 rings (SSSR count). The van der Waals surface area contributed by atoms with Gasteiger partial charge in [-0.05, 0) is 77.5 Å². The summed E-state index contributed by atoms with van der Waals surface area (Å²) in [5.41, 5.74) is 14.5. The molecule has 0 fully saturated rings. The van der Waals surface area contributed by atoms with E-state index in [-0.39, 0.29) is 24.6 Å². The van der Waals surface area contributed by atoms with Crippen LogP contribution in [0.3, 0.4) is 0 Å². The molecule has 0 amide bonds. The zero-order valence-corrected chi connectivity index (χ0v) is 37.3. The number of hydrogen-bond donors (Lipinski definition) is 0. The summed E-state index contributed by atoms with van der Waals surface area (Å²) in [6.45, 7) is 0. The normalized spacial score (nSPS) is 11.2. The number of nitrogens with zero attached hydrogens (tertiary/aromatic N) is 4. The molecule has 0 unspecified atom stereocenters. The first kappa shape index (κ1) is 42.1. The number of aromatic amines is 1. The largest absolute Gasteiger partial charge is 1.00 e. The molecule has 0 aliphatic rings. The number of para-hydroxylation sites is 5. The molecule has 6 nitrogen and oxygen atoms in total. The van der Waals surface area contributed by atoms with Crippen LogP contribution in [-0.4, -0.2) is 19.1 Å². The molecule has 0 radical (unpaired) electrons. The molecule has 1 N–H and O–H groups in total. The monoisotopic (exact) mass is 866 g/mol. The Balaban J connectivity index is 0.000000371. The quantitative estimate of drug-likeness (QED) is 0.156. The van der Waals surface area contributed by atoms with Crippen molar-refractivity contribution in [1.82, 2.24) is 19.1 Å². The van der Waals surface area contributed by atoms with E-state index in [2.05, 4.69) is 196 Å². The Morgan fingerprint density at radius 1 is 0.353 bits per heavy atom. The Morgan fingerprint density at radius 3 is 1.29 bits per heavy atom. The van der Waals surface area contributed by atoms with Crippen LogP contribution in [0.1, 0.15) is 0 Å². The Morgan fingerprint density at radius 2 is 0.779 bits per heavy atom. The number of H-pyrrole nitrogens is 1. The third kappa shape index (κ3) is 7.68. The van der Waals surface area contributed by atoms with Gasteiger partial charge in [0.15, 0.2) is 12.0 Å². The van der Waals surface area contributed by atoms with Crippen molar-refractivity contribution in [3.05, 3.63) is 243 Å². The minimum Gasteiger partial charge on any atom is -0.868 e. The molecule has 68 heavy (non-hydrogen) atoms. The van der Waals surface area contributed by atoms with Crippen molar-refractivity contribution in [3.8, 4) is 62.2 Å². The van der Waals surface area contributed by atoms with E-state index >= 15 is 0 Å².